The van der Waals surface area contributed by atoms with Crippen LogP contribution >= 0.6 is 24.8 Å². The third-order valence-corrected chi connectivity index (χ3v) is 4.86. The maximum Gasteiger partial charge on any atom is 0.253 e. The van der Waals surface area contributed by atoms with Gasteiger partial charge in [-0.25, -0.2) is 0 Å². The van der Waals surface area contributed by atoms with Gasteiger partial charge < -0.3 is 15.5 Å². The van der Waals surface area contributed by atoms with Crippen LogP contribution in [-0.4, -0.2) is 44.1 Å². The average Bonchev–Trinajstić information content (AvgIpc) is 2.64. The number of pyridine rings is 1. The van der Waals surface area contributed by atoms with Gasteiger partial charge in [0.15, 0.2) is 0 Å². The number of amides is 1. The Morgan fingerprint density at radius 2 is 1.85 bits per heavy atom. The molecule has 27 heavy (non-hydrogen) atoms. The Morgan fingerprint density at radius 3 is 2.48 bits per heavy atom. The summed E-state index contributed by atoms with van der Waals surface area (Å²) < 4.78 is 0. The lowest BCUT2D eigenvalue weighted by Crippen LogP contribution is -2.50. The van der Waals surface area contributed by atoms with E-state index in [0.717, 1.165) is 36.3 Å². The smallest absolute Gasteiger partial charge is 0.253 e. The van der Waals surface area contributed by atoms with Gasteiger partial charge in [-0.2, -0.15) is 0 Å². The SMILES string of the molecule is CC1CCNCC1NC(=O)c1cncc(-c2ccc(N(C)C)cc2)c1.Cl.Cl. The van der Waals surface area contributed by atoms with Crippen LogP contribution in [0.1, 0.15) is 23.7 Å². The Kier molecular flexibility index (Phi) is 9.03. The largest absolute Gasteiger partial charge is 0.378 e. The second-order valence-electron chi connectivity index (χ2n) is 6.95. The minimum Gasteiger partial charge on any atom is -0.378 e. The molecule has 1 saturated heterocycles. The number of piperidine rings is 1. The number of carbonyl (C=O) groups excluding carboxylic acids is 1. The molecule has 2 atom stereocenters. The van der Waals surface area contributed by atoms with Crippen LogP contribution in [0, 0.1) is 5.92 Å². The molecule has 1 aliphatic rings. The van der Waals surface area contributed by atoms with Gasteiger partial charge in [-0.1, -0.05) is 19.1 Å². The highest BCUT2D eigenvalue weighted by Crippen LogP contribution is 2.23. The summed E-state index contributed by atoms with van der Waals surface area (Å²) in [6.45, 7) is 4.03. The Hall–Kier alpha value is -1.82. The predicted octanol–water partition coefficient (Wildman–Crippen LogP) is 3.39. The number of carbonyl (C=O) groups is 1. The molecule has 0 radical (unpaired) electrons. The van der Waals surface area contributed by atoms with Gasteiger partial charge in [-0.05, 0) is 42.6 Å². The highest BCUT2D eigenvalue weighted by molar-refractivity contribution is 5.95. The van der Waals surface area contributed by atoms with E-state index in [1.165, 1.54) is 0 Å². The zero-order valence-electron chi connectivity index (χ0n) is 15.9. The fraction of sp³-hybridized carbons (Fsp3) is 0.400. The van der Waals surface area contributed by atoms with Gasteiger partial charge in [0.2, 0.25) is 0 Å². The molecule has 1 aromatic heterocycles. The van der Waals surface area contributed by atoms with Gasteiger partial charge in [-0.3, -0.25) is 9.78 Å². The second-order valence-corrected chi connectivity index (χ2v) is 6.95. The fourth-order valence-electron chi connectivity index (χ4n) is 3.11. The Labute approximate surface area is 173 Å². The third-order valence-electron chi connectivity index (χ3n) is 4.86. The van der Waals surface area contributed by atoms with Crippen molar-refractivity contribution in [3.8, 4) is 11.1 Å². The summed E-state index contributed by atoms with van der Waals surface area (Å²) in [4.78, 5) is 18.9. The van der Waals surface area contributed by atoms with Crippen LogP contribution in [0.15, 0.2) is 42.7 Å². The van der Waals surface area contributed by atoms with Crippen molar-refractivity contribution in [2.24, 2.45) is 5.92 Å². The molecule has 1 aliphatic heterocycles. The molecule has 5 nitrogen and oxygen atoms in total. The Balaban J connectivity index is 0.00000182. The molecule has 1 aromatic carbocycles. The van der Waals surface area contributed by atoms with Crippen molar-refractivity contribution >= 4 is 36.4 Å². The molecule has 1 fully saturated rings. The number of benzene rings is 1. The number of rotatable bonds is 4. The van der Waals surface area contributed by atoms with E-state index < -0.39 is 0 Å². The van der Waals surface area contributed by atoms with E-state index >= 15 is 0 Å². The summed E-state index contributed by atoms with van der Waals surface area (Å²) in [6, 6.07) is 10.3. The van der Waals surface area contributed by atoms with Crippen LogP contribution in [0.2, 0.25) is 0 Å². The number of halogens is 2. The molecule has 2 heterocycles. The fourth-order valence-corrected chi connectivity index (χ4v) is 3.11. The zero-order chi connectivity index (χ0) is 17.8. The van der Waals surface area contributed by atoms with E-state index in [2.05, 4.69) is 51.7 Å². The van der Waals surface area contributed by atoms with E-state index in [4.69, 9.17) is 0 Å². The maximum atomic E-state index is 12.6. The van der Waals surface area contributed by atoms with E-state index in [1.807, 2.05) is 20.2 Å². The van der Waals surface area contributed by atoms with Crippen LogP contribution in [0.25, 0.3) is 11.1 Å². The van der Waals surface area contributed by atoms with Gasteiger partial charge in [0.25, 0.3) is 5.91 Å². The summed E-state index contributed by atoms with van der Waals surface area (Å²) >= 11 is 0. The van der Waals surface area contributed by atoms with Crippen LogP contribution < -0.4 is 15.5 Å². The van der Waals surface area contributed by atoms with Crippen LogP contribution in [0.4, 0.5) is 5.69 Å². The third kappa shape index (κ3) is 5.83. The first-order valence-electron chi connectivity index (χ1n) is 8.79. The maximum absolute atomic E-state index is 12.6. The summed E-state index contributed by atoms with van der Waals surface area (Å²) in [5.74, 6) is 0.430. The highest BCUT2D eigenvalue weighted by atomic mass is 35.5. The summed E-state index contributed by atoms with van der Waals surface area (Å²) in [5.41, 5.74) is 3.75. The number of nitrogens with one attached hydrogen (secondary N) is 2. The van der Waals surface area contributed by atoms with Gasteiger partial charge >= 0.3 is 0 Å². The first-order valence-corrected chi connectivity index (χ1v) is 8.79. The van der Waals surface area contributed by atoms with Crippen LogP contribution in [0.5, 0.6) is 0 Å². The molecular weight excluding hydrogens is 383 g/mol. The van der Waals surface area contributed by atoms with E-state index in [-0.39, 0.29) is 36.8 Å². The van der Waals surface area contributed by atoms with Gasteiger partial charge in [0, 0.05) is 50.3 Å². The summed E-state index contributed by atoms with van der Waals surface area (Å²) in [6.07, 6.45) is 4.52. The van der Waals surface area contributed by atoms with Crippen molar-refractivity contribution < 1.29 is 4.79 Å². The molecule has 148 valence electrons. The van der Waals surface area contributed by atoms with Crippen molar-refractivity contribution in [3.63, 3.8) is 0 Å². The molecule has 0 spiro atoms. The summed E-state index contributed by atoms with van der Waals surface area (Å²) in [5, 5.41) is 6.48. The van der Waals surface area contributed by atoms with Crippen molar-refractivity contribution in [2.45, 2.75) is 19.4 Å². The minimum absolute atomic E-state index is 0. The number of anilines is 1. The topological polar surface area (TPSA) is 57.3 Å². The average molecular weight is 411 g/mol. The molecule has 3 rings (SSSR count). The van der Waals surface area contributed by atoms with Crippen molar-refractivity contribution in [1.82, 2.24) is 15.6 Å². The van der Waals surface area contributed by atoms with E-state index in [9.17, 15) is 4.79 Å². The Morgan fingerprint density at radius 1 is 1.15 bits per heavy atom. The number of nitrogens with zero attached hydrogens (tertiary/aromatic N) is 2. The van der Waals surface area contributed by atoms with Crippen molar-refractivity contribution in [1.29, 1.82) is 0 Å². The standard InChI is InChI=1S/C20H26N4O.2ClH/c1-14-8-9-21-13-19(14)23-20(25)17-10-16(11-22-12-17)15-4-6-18(7-5-15)24(2)3;;/h4-7,10-12,14,19,21H,8-9,13H2,1-3H3,(H,23,25);2*1H. The molecule has 1 amide bonds. The first kappa shape index (κ1) is 23.2. The second kappa shape index (κ2) is 10.5. The highest BCUT2D eigenvalue weighted by Gasteiger charge is 2.23. The van der Waals surface area contributed by atoms with Crippen molar-refractivity contribution in [2.75, 3.05) is 32.1 Å². The predicted molar refractivity (Wildman–Crippen MR) is 116 cm³/mol. The van der Waals surface area contributed by atoms with Crippen LogP contribution in [-0.2, 0) is 0 Å². The van der Waals surface area contributed by atoms with Gasteiger partial charge in [0.1, 0.15) is 0 Å². The van der Waals surface area contributed by atoms with Crippen molar-refractivity contribution in [3.05, 3.63) is 48.3 Å². The number of hydrogen-bond acceptors (Lipinski definition) is 4. The lowest BCUT2D eigenvalue weighted by molar-refractivity contribution is 0.0915. The molecule has 7 heteroatoms. The quantitative estimate of drug-likeness (QED) is 0.810. The lowest BCUT2D eigenvalue weighted by atomic mass is 9.94. The summed E-state index contributed by atoms with van der Waals surface area (Å²) in [7, 11) is 4.03. The molecule has 2 unspecified atom stereocenters. The first-order chi connectivity index (χ1) is 12.0. The van der Waals surface area contributed by atoms with E-state index in [1.54, 1.807) is 12.4 Å². The molecule has 0 bridgehead atoms. The Bertz CT molecular complexity index is 737. The normalized spacial score (nSPS) is 18.6. The minimum atomic E-state index is -0.0557. The van der Waals surface area contributed by atoms with Gasteiger partial charge in [-0.15, -0.1) is 24.8 Å². The monoisotopic (exact) mass is 410 g/mol. The molecule has 0 saturated carbocycles. The van der Waals surface area contributed by atoms with Gasteiger partial charge in [0.05, 0.1) is 5.56 Å². The number of hydrogen-bond donors (Lipinski definition) is 2. The van der Waals surface area contributed by atoms with E-state index in [0.29, 0.717) is 11.5 Å². The van der Waals surface area contributed by atoms with Crippen LogP contribution in [0.3, 0.4) is 0 Å². The molecule has 2 N–H and O–H groups in total. The molecular formula is C20H28Cl2N4O. The zero-order valence-corrected chi connectivity index (χ0v) is 17.6. The molecule has 2 aromatic rings. The molecule has 0 aliphatic carbocycles. The lowest BCUT2D eigenvalue weighted by Gasteiger charge is -2.30. The number of aromatic nitrogens is 1.